The fourth-order valence-electron chi connectivity index (χ4n) is 3.22. The van der Waals surface area contributed by atoms with Crippen LogP contribution in [0.2, 0.25) is 0 Å². The highest BCUT2D eigenvalue weighted by molar-refractivity contribution is 5.74. The predicted octanol–water partition coefficient (Wildman–Crippen LogP) is 3.32. The van der Waals surface area contributed by atoms with Crippen molar-refractivity contribution in [3.05, 3.63) is 47.3 Å². The molecule has 1 N–H and O–H groups in total. The number of benzene rings is 1. The van der Waals surface area contributed by atoms with Gasteiger partial charge in [-0.3, -0.25) is 4.68 Å². The third kappa shape index (κ3) is 4.37. The summed E-state index contributed by atoms with van der Waals surface area (Å²) in [5.74, 6) is -1.31. The van der Waals surface area contributed by atoms with E-state index < -0.39 is 11.6 Å². The topological polar surface area (TPSA) is 59.4 Å². The van der Waals surface area contributed by atoms with Gasteiger partial charge in [-0.05, 0) is 26.0 Å². The molecule has 27 heavy (non-hydrogen) atoms. The molecule has 1 aliphatic heterocycles. The van der Waals surface area contributed by atoms with Crippen molar-refractivity contribution in [3.8, 4) is 5.75 Å². The van der Waals surface area contributed by atoms with Crippen LogP contribution in [0.1, 0.15) is 37.1 Å². The van der Waals surface area contributed by atoms with Gasteiger partial charge in [0.25, 0.3) is 0 Å². The maximum Gasteiger partial charge on any atom is 0.317 e. The molecule has 1 aromatic carbocycles. The second-order valence-corrected chi connectivity index (χ2v) is 6.86. The Morgan fingerprint density at radius 2 is 2.04 bits per heavy atom. The summed E-state index contributed by atoms with van der Waals surface area (Å²) in [5.41, 5.74) is 1.99. The number of ether oxygens (including phenoxy) is 1. The van der Waals surface area contributed by atoms with E-state index in [-0.39, 0.29) is 23.9 Å². The van der Waals surface area contributed by atoms with Crippen molar-refractivity contribution in [2.24, 2.45) is 7.05 Å². The Labute approximate surface area is 157 Å². The van der Waals surface area contributed by atoms with Gasteiger partial charge in [-0.15, -0.1) is 0 Å². The van der Waals surface area contributed by atoms with Gasteiger partial charge >= 0.3 is 6.03 Å². The second kappa shape index (κ2) is 7.94. The smallest absolute Gasteiger partial charge is 0.317 e. The molecule has 0 bridgehead atoms. The first-order chi connectivity index (χ1) is 12.8. The molecule has 1 unspecified atom stereocenters. The van der Waals surface area contributed by atoms with Crippen molar-refractivity contribution < 1.29 is 18.3 Å². The largest absolute Gasteiger partial charge is 0.487 e. The molecule has 2 aromatic rings. The van der Waals surface area contributed by atoms with Crippen molar-refractivity contribution in [1.82, 2.24) is 20.0 Å². The highest BCUT2D eigenvalue weighted by Gasteiger charge is 2.26. The molecule has 146 valence electrons. The highest BCUT2D eigenvalue weighted by Crippen LogP contribution is 2.23. The van der Waals surface area contributed by atoms with E-state index in [9.17, 15) is 13.6 Å². The first kappa shape index (κ1) is 19.1. The average molecular weight is 378 g/mol. The van der Waals surface area contributed by atoms with Crippen LogP contribution in [0, 0.1) is 18.6 Å². The number of aryl methyl sites for hydroxylation is 1. The number of amides is 2. The fraction of sp³-hybridized carbons (Fsp3) is 0.474. The van der Waals surface area contributed by atoms with Crippen LogP contribution in [0.15, 0.2) is 24.4 Å². The van der Waals surface area contributed by atoms with Crippen LogP contribution in [0.4, 0.5) is 13.6 Å². The van der Waals surface area contributed by atoms with Gasteiger partial charge in [0, 0.05) is 50.3 Å². The van der Waals surface area contributed by atoms with E-state index in [2.05, 4.69) is 10.4 Å². The highest BCUT2D eigenvalue weighted by atomic mass is 19.1. The Morgan fingerprint density at radius 1 is 1.33 bits per heavy atom. The van der Waals surface area contributed by atoms with Gasteiger partial charge in [0.1, 0.15) is 11.9 Å². The second-order valence-electron chi connectivity index (χ2n) is 6.86. The number of piperidine rings is 1. The van der Waals surface area contributed by atoms with Crippen LogP contribution in [-0.4, -0.2) is 39.9 Å². The first-order valence-electron chi connectivity index (χ1n) is 9.00. The molecular weight excluding hydrogens is 354 g/mol. The number of halogens is 2. The molecule has 0 saturated carbocycles. The zero-order valence-corrected chi connectivity index (χ0v) is 15.7. The molecule has 2 heterocycles. The lowest BCUT2D eigenvalue weighted by Gasteiger charge is -2.33. The summed E-state index contributed by atoms with van der Waals surface area (Å²) in [6.07, 6.45) is 2.74. The van der Waals surface area contributed by atoms with Gasteiger partial charge in [-0.25, -0.2) is 13.6 Å². The number of carbonyl (C=O) groups is 1. The zero-order chi connectivity index (χ0) is 19.6. The van der Waals surface area contributed by atoms with Crippen molar-refractivity contribution >= 4 is 6.03 Å². The van der Waals surface area contributed by atoms with Crippen LogP contribution in [0.5, 0.6) is 5.75 Å². The Morgan fingerprint density at radius 3 is 2.63 bits per heavy atom. The Kier molecular flexibility index (Phi) is 5.62. The van der Waals surface area contributed by atoms with Crippen LogP contribution in [0.3, 0.4) is 0 Å². The maximum atomic E-state index is 13.7. The number of aromatic nitrogens is 2. The lowest BCUT2D eigenvalue weighted by atomic mass is 10.1. The molecule has 0 aliphatic carbocycles. The number of nitrogens with zero attached hydrogens (tertiary/aromatic N) is 3. The van der Waals surface area contributed by atoms with Gasteiger partial charge in [-0.2, -0.15) is 5.10 Å². The lowest BCUT2D eigenvalue weighted by Crippen LogP contribution is -2.47. The minimum Gasteiger partial charge on any atom is -0.487 e. The molecule has 0 radical (unpaired) electrons. The molecule has 1 saturated heterocycles. The summed E-state index contributed by atoms with van der Waals surface area (Å²) in [6, 6.07) is 2.98. The molecular formula is C19H24F2N4O2. The molecule has 2 amide bonds. The summed E-state index contributed by atoms with van der Waals surface area (Å²) in [5, 5.41) is 7.19. The van der Waals surface area contributed by atoms with E-state index in [1.165, 1.54) is 12.1 Å². The fourth-order valence-corrected chi connectivity index (χ4v) is 3.22. The van der Waals surface area contributed by atoms with E-state index in [0.717, 1.165) is 17.3 Å². The quantitative estimate of drug-likeness (QED) is 0.888. The first-order valence-corrected chi connectivity index (χ1v) is 9.00. The summed E-state index contributed by atoms with van der Waals surface area (Å²) in [4.78, 5) is 14.2. The summed E-state index contributed by atoms with van der Waals surface area (Å²) in [7, 11) is 1.86. The number of nitrogens with one attached hydrogen (secondary N) is 1. The van der Waals surface area contributed by atoms with Crippen LogP contribution in [0.25, 0.3) is 0 Å². The van der Waals surface area contributed by atoms with Crippen LogP contribution in [-0.2, 0) is 7.05 Å². The molecule has 1 aliphatic rings. The van der Waals surface area contributed by atoms with Crippen LogP contribution >= 0.6 is 0 Å². The number of urea groups is 1. The minimum absolute atomic E-state index is 0.0416. The third-order valence-electron chi connectivity index (χ3n) is 5.00. The van der Waals surface area contributed by atoms with Crippen molar-refractivity contribution in [2.45, 2.75) is 38.8 Å². The van der Waals surface area contributed by atoms with E-state index in [0.29, 0.717) is 25.9 Å². The predicted molar refractivity (Wildman–Crippen MR) is 96.5 cm³/mol. The molecule has 0 spiro atoms. The Hall–Kier alpha value is -2.64. The SMILES string of the molecule is Cc1c(C(C)NC(=O)N2CCC(Oc3ccc(F)cc3F)CC2)cnn1C. The van der Waals surface area contributed by atoms with E-state index in [1.807, 2.05) is 20.9 Å². The van der Waals surface area contributed by atoms with Crippen LogP contribution < -0.4 is 10.1 Å². The van der Waals surface area contributed by atoms with Crippen molar-refractivity contribution in [2.75, 3.05) is 13.1 Å². The van der Waals surface area contributed by atoms with Crippen molar-refractivity contribution in [3.63, 3.8) is 0 Å². The number of likely N-dealkylation sites (tertiary alicyclic amines) is 1. The normalized spacial score (nSPS) is 16.3. The molecule has 1 fully saturated rings. The van der Waals surface area contributed by atoms with E-state index >= 15 is 0 Å². The molecule has 6 nitrogen and oxygen atoms in total. The van der Waals surface area contributed by atoms with Gasteiger partial charge in [0.2, 0.25) is 0 Å². The van der Waals surface area contributed by atoms with E-state index in [1.54, 1.807) is 15.8 Å². The number of hydrogen-bond donors (Lipinski definition) is 1. The van der Waals surface area contributed by atoms with E-state index in [4.69, 9.17) is 4.74 Å². The maximum absolute atomic E-state index is 13.7. The lowest BCUT2D eigenvalue weighted by molar-refractivity contribution is 0.106. The third-order valence-corrected chi connectivity index (χ3v) is 5.00. The average Bonchev–Trinajstić information content (AvgIpc) is 2.97. The summed E-state index contributed by atoms with van der Waals surface area (Å²) < 4.78 is 34.1. The summed E-state index contributed by atoms with van der Waals surface area (Å²) >= 11 is 0. The Balaban J connectivity index is 1.51. The number of hydrogen-bond acceptors (Lipinski definition) is 3. The standard InChI is InChI=1S/C19H24F2N4O2/c1-12(16-11-22-24(3)13(16)2)23-19(26)25-8-6-15(7-9-25)27-18-5-4-14(20)10-17(18)21/h4-5,10-12,15H,6-9H2,1-3H3,(H,23,26). The summed E-state index contributed by atoms with van der Waals surface area (Å²) in [6.45, 7) is 4.91. The Bertz CT molecular complexity index is 816. The molecule has 1 atom stereocenters. The molecule has 3 rings (SSSR count). The minimum atomic E-state index is -0.712. The molecule has 1 aromatic heterocycles. The van der Waals surface area contributed by atoms with Gasteiger partial charge in [0.05, 0.1) is 12.2 Å². The van der Waals surface area contributed by atoms with Gasteiger partial charge in [-0.1, -0.05) is 0 Å². The number of rotatable bonds is 4. The van der Waals surface area contributed by atoms with Gasteiger partial charge < -0.3 is 15.0 Å². The van der Waals surface area contributed by atoms with Crippen molar-refractivity contribution in [1.29, 1.82) is 0 Å². The molecule has 8 heteroatoms. The zero-order valence-electron chi connectivity index (χ0n) is 15.7. The monoisotopic (exact) mass is 378 g/mol. The number of carbonyl (C=O) groups excluding carboxylic acids is 1. The van der Waals surface area contributed by atoms with Gasteiger partial charge in [0.15, 0.2) is 11.6 Å².